The van der Waals surface area contributed by atoms with Crippen LogP contribution in [0.25, 0.3) is 0 Å². The summed E-state index contributed by atoms with van der Waals surface area (Å²) in [5.74, 6) is -0.638. The van der Waals surface area contributed by atoms with Crippen LogP contribution in [0.15, 0.2) is 35.5 Å². The van der Waals surface area contributed by atoms with Gasteiger partial charge in [0.25, 0.3) is 0 Å². The van der Waals surface area contributed by atoms with Crippen molar-refractivity contribution in [2.45, 2.75) is 6.04 Å². The van der Waals surface area contributed by atoms with E-state index in [2.05, 4.69) is 9.91 Å². The highest BCUT2D eigenvalue weighted by molar-refractivity contribution is 5.77. The number of methoxy groups -OCH3 is 1. The first-order chi connectivity index (χ1) is 6.29. The fraction of sp³-hybridized carbons (Fsp3) is 0.222. The lowest BCUT2D eigenvalue weighted by Crippen LogP contribution is -2.11. The van der Waals surface area contributed by atoms with Crippen LogP contribution in [0, 0.1) is 4.91 Å². The summed E-state index contributed by atoms with van der Waals surface area (Å²) >= 11 is 0. The Kier molecular flexibility index (Phi) is 3.14. The number of hydrogen-bond donors (Lipinski definition) is 0. The normalized spacial score (nSPS) is 11.8. The van der Waals surface area contributed by atoms with Gasteiger partial charge in [-0.1, -0.05) is 30.3 Å². The predicted octanol–water partition coefficient (Wildman–Crippen LogP) is 1.67. The van der Waals surface area contributed by atoms with Crippen molar-refractivity contribution in [2.75, 3.05) is 7.11 Å². The molecule has 68 valence electrons. The predicted molar refractivity (Wildman–Crippen MR) is 47.0 cm³/mol. The maximum Gasteiger partial charge on any atom is 0.338 e. The summed E-state index contributed by atoms with van der Waals surface area (Å²) in [6.45, 7) is 0. The van der Waals surface area contributed by atoms with Crippen LogP contribution < -0.4 is 0 Å². The SMILES string of the molecule is COC(=O)[C@@H](N=O)c1ccccc1. The first-order valence-corrected chi connectivity index (χ1v) is 3.75. The highest BCUT2D eigenvalue weighted by Crippen LogP contribution is 2.17. The molecule has 0 bridgehead atoms. The number of ether oxygens (including phenoxy) is 1. The van der Waals surface area contributed by atoms with Gasteiger partial charge in [-0.15, -0.1) is 4.91 Å². The van der Waals surface area contributed by atoms with E-state index >= 15 is 0 Å². The smallest absolute Gasteiger partial charge is 0.338 e. The summed E-state index contributed by atoms with van der Waals surface area (Å²) in [4.78, 5) is 21.4. The number of benzene rings is 1. The van der Waals surface area contributed by atoms with Crippen LogP contribution in [-0.4, -0.2) is 13.1 Å². The molecular formula is C9H9NO3. The Morgan fingerprint density at radius 1 is 1.38 bits per heavy atom. The second-order valence-electron chi connectivity index (χ2n) is 2.44. The van der Waals surface area contributed by atoms with Crippen molar-refractivity contribution in [3.05, 3.63) is 40.8 Å². The first-order valence-electron chi connectivity index (χ1n) is 3.75. The number of rotatable bonds is 3. The van der Waals surface area contributed by atoms with Crippen molar-refractivity contribution >= 4 is 5.97 Å². The number of carbonyl (C=O) groups is 1. The van der Waals surface area contributed by atoms with Gasteiger partial charge in [0.2, 0.25) is 6.04 Å². The van der Waals surface area contributed by atoms with Gasteiger partial charge in [-0.3, -0.25) is 0 Å². The third-order valence-electron chi connectivity index (χ3n) is 1.65. The molecule has 0 aromatic heterocycles. The fourth-order valence-corrected chi connectivity index (χ4v) is 0.987. The lowest BCUT2D eigenvalue weighted by atomic mass is 10.1. The highest BCUT2D eigenvalue weighted by atomic mass is 16.5. The minimum Gasteiger partial charge on any atom is -0.467 e. The molecule has 4 nitrogen and oxygen atoms in total. The van der Waals surface area contributed by atoms with Crippen molar-refractivity contribution in [2.24, 2.45) is 5.18 Å². The highest BCUT2D eigenvalue weighted by Gasteiger charge is 2.21. The molecule has 1 rings (SSSR count). The Morgan fingerprint density at radius 2 is 2.00 bits per heavy atom. The van der Waals surface area contributed by atoms with Gasteiger partial charge in [0.1, 0.15) is 0 Å². The van der Waals surface area contributed by atoms with E-state index in [1.165, 1.54) is 7.11 Å². The minimum atomic E-state index is -1.05. The van der Waals surface area contributed by atoms with Crippen LogP contribution in [0.2, 0.25) is 0 Å². The molecule has 0 N–H and O–H groups in total. The zero-order valence-corrected chi connectivity index (χ0v) is 7.14. The molecule has 0 fully saturated rings. The van der Waals surface area contributed by atoms with Gasteiger partial charge in [0.15, 0.2) is 0 Å². The number of hydrogen-bond acceptors (Lipinski definition) is 4. The van der Waals surface area contributed by atoms with Crippen molar-refractivity contribution in [3.8, 4) is 0 Å². The summed E-state index contributed by atoms with van der Waals surface area (Å²) in [6, 6.07) is 7.52. The average Bonchev–Trinajstić information content (AvgIpc) is 2.20. The molecule has 0 radical (unpaired) electrons. The number of esters is 1. The van der Waals surface area contributed by atoms with Gasteiger partial charge in [0, 0.05) is 0 Å². The van der Waals surface area contributed by atoms with Crippen LogP contribution in [0.5, 0.6) is 0 Å². The van der Waals surface area contributed by atoms with E-state index in [1.807, 2.05) is 0 Å². The van der Waals surface area contributed by atoms with E-state index in [9.17, 15) is 9.70 Å². The molecule has 1 aromatic rings. The Balaban J connectivity index is 2.91. The van der Waals surface area contributed by atoms with E-state index in [0.717, 1.165) is 0 Å². The molecule has 4 heteroatoms. The lowest BCUT2D eigenvalue weighted by Gasteiger charge is -2.05. The fourth-order valence-electron chi connectivity index (χ4n) is 0.987. The second kappa shape index (κ2) is 4.35. The van der Waals surface area contributed by atoms with Crippen LogP contribution in [0.4, 0.5) is 0 Å². The molecule has 0 aliphatic rings. The summed E-state index contributed by atoms with van der Waals surface area (Å²) < 4.78 is 4.42. The Hall–Kier alpha value is -1.71. The molecule has 0 unspecified atom stereocenters. The summed E-state index contributed by atoms with van der Waals surface area (Å²) in [5, 5.41) is 2.70. The van der Waals surface area contributed by atoms with Crippen LogP contribution in [0.1, 0.15) is 11.6 Å². The van der Waals surface area contributed by atoms with Gasteiger partial charge in [0.05, 0.1) is 7.11 Å². The Morgan fingerprint density at radius 3 is 2.46 bits per heavy atom. The minimum absolute atomic E-state index is 0.546. The van der Waals surface area contributed by atoms with E-state index in [0.29, 0.717) is 5.56 Å². The average molecular weight is 179 g/mol. The van der Waals surface area contributed by atoms with Gasteiger partial charge < -0.3 is 4.74 Å². The maximum absolute atomic E-state index is 11.0. The van der Waals surface area contributed by atoms with Gasteiger partial charge >= 0.3 is 5.97 Å². The largest absolute Gasteiger partial charge is 0.467 e. The second-order valence-corrected chi connectivity index (χ2v) is 2.44. The summed E-state index contributed by atoms with van der Waals surface area (Å²) in [5.41, 5.74) is 0.546. The maximum atomic E-state index is 11.0. The molecule has 0 aliphatic carbocycles. The van der Waals surface area contributed by atoms with E-state index in [4.69, 9.17) is 0 Å². The number of nitrogens with zero attached hydrogens (tertiary/aromatic N) is 1. The Labute approximate surface area is 75.5 Å². The molecular weight excluding hydrogens is 170 g/mol. The standard InChI is InChI=1S/C9H9NO3/c1-13-9(11)8(10-12)7-5-3-2-4-6-7/h2-6,8H,1H3/t8-/m0/s1. The molecule has 0 aliphatic heterocycles. The van der Waals surface area contributed by atoms with Crippen LogP contribution in [0.3, 0.4) is 0 Å². The zero-order chi connectivity index (χ0) is 9.68. The number of carbonyl (C=O) groups excluding carboxylic acids is 1. The molecule has 0 heterocycles. The van der Waals surface area contributed by atoms with Crippen LogP contribution >= 0.6 is 0 Å². The molecule has 0 saturated carbocycles. The van der Waals surface area contributed by atoms with Gasteiger partial charge in [-0.25, -0.2) is 4.79 Å². The molecule has 1 aromatic carbocycles. The zero-order valence-electron chi connectivity index (χ0n) is 7.14. The summed E-state index contributed by atoms with van der Waals surface area (Å²) in [6.07, 6.45) is 0. The van der Waals surface area contributed by atoms with Crippen molar-refractivity contribution < 1.29 is 9.53 Å². The van der Waals surface area contributed by atoms with Crippen molar-refractivity contribution in [1.29, 1.82) is 0 Å². The van der Waals surface area contributed by atoms with Crippen LogP contribution in [-0.2, 0) is 9.53 Å². The van der Waals surface area contributed by atoms with Crippen molar-refractivity contribution in [3.63, 3.8) is 0 Å². The molecule has 0 spiro atoms. The third kappa shape index (κ3) is 2.11. The molecule has 13 heavy (non-hydrogen) atoms. The van der Waals surface area contributed by atoms with Gasteiger partial charge in [-0.2, -0.15) is 0 Å². The summed E-state index contributed by atoms with van der Waals surface area (Å²) in [7, 11) is 1.23. The lowest BCUT2D eigenvalue weighted by molar-refractivity contribution is -0.142. The monoisotopic (exact) mass is 179 g/mol. The van der Waals surface area contributed by atoms with Crippen molar-refractivity contribution in [1.82, 2.24) is 0 Å². The third-order valence-corrected chi connectivity index (χ3v) is 1.65. The van der Waals surface area contributed by atoms with E-state index in [1.54, 1.807) is 30.3 Å². The first kappa shape index (κ1) is 9.38. The number of nitroso groups, excluding NO2 is 1. The molecule has 0 saturated heterocycles. The quantitative estimate of drug-likeness (QED) is 0.523. The molecule has 0 amide bonds. The van der Waals surface area contributed by atoms with E-state index in [-0.39, 0.29) is 0 Å². The Bertz CT molecular complexity index is 297. The van der Waals surface area contributed by atoms with Gasteiger partial charge in [-0.05, 0) is 10.7 Å². The topological polar surface area (TPSA) is 55.7 Å². The molecule has 1 atom stereocenters. The van der Waals surface area contributed by atoms with E-state index < -0.39 is 12.0 Å².